The number of nitrogens with one attached hydrogen (secondary N) is 1. The first-order valence-corrected chi connectivity index (χ1v) is 5.13. The van der Waals surface area contributed by atoms with Crippen LogP contribution in [0.3, 0.4) is 0 Å². The van der Waals surface area contributed by atoms with Crippen molar-refractivity contribution in [3.63, 3.8) is 0 Å². The Bertz CT molecular complexity index is 627. The molecule has 3 nitrogen and oxygen atoms in total. The van der Waals surface area contributed by atoms with E-state index in [9.17, 15) is 0 Å². The van der Waals surface area contributed by atoms with Crippen LogP contribution < -0.4 is 5.73 Å². The van der Waals surface area contributed by atoms with Crippen molar-refractivity contribution >= 4 is 16.6 Å². The molecule has 0 saturated carbocycles. The Morgan fingerprint density at radius 2 is 2.00 bits per heavy atom. The molecular weight excluding hydrogens is 198 g/mol. The summed E-state index contributed by atoms with van der Waals surface area (Å²) in [6, 6.07) is 11.8. The van der Waals surface area contributed by atoms with Gasteiger partial charge in [-0.2, -0.15) is 0 Å². The van der Waals surface area contributed by atoms with Crippen LogP contribution >= 0.6 is 0 Å². The number of fused-ring (bicyclic) bond motifs is 1. The highest BCUT2D eigenvalue weighted by Gasteiger charge is 2.04. The zero-order valence-corrected chi connectivity index (χ0v) is 8.64. The van der Waals surface area contributed by atoms with E-state index in [4.69, 9.17) is 5.73 Å². The number of nitrogens with zero attached hydrogens (tertiary/aromatic N) is 1. The van der Waals surface area contributed by atoms with E-state index in [-0.39, 0.29) is 0 Å². The number of rotatable bonds is 1. The summed E-state index contributed by atoms with van der Waals surface area (Å²) < 4.78 is 0. The Balaban J connectivity index is 2.29. The molecule has 3 aromatic rings. The van der Waals surface area contributed by atoms with Crippen LogP contribution in [0.4, 0.5) is 5.69 Å². The summed E-state index contributed by atoms with van der Waals surface area (Å²) in [4.78, 5) is 7.59. The highest BCUT2D eigenvalue weighted by atomic mass is 14.7. The van der Waals surface area contributed by atoms with Crippen LogP contribution in [0.2, 0.25) is 0 Å². The van der Waals surface area contributed by atoms with Gasteiger partial charge in [0.15, 0.2) is 0 Å². The number of nitrogens with two attached hydrogens (primary N) is 1. The molecule has 16 heavy (non-hydrogen) atoms. The van der Waals surface area contributed by atoms with E-state index in [0.717, 1.165) is 27.8 Å². The molecule has 0 aliphatic heterocycles. The quantitative estimate of drug-likeness (QED) is 0.647. The Morgan fingerprint density at radius 1 is 1.12 bits per heavy atom. The van der Waals surface area contributed by atoms with E-state index in [2.05, 4.69) is 9.97 Å². The molecule has 3 N–H and O–H groups in total. The third-order valence-corrected chi connectivity index (χ3v) is 2.64. The van der Waals surface area contributed by atoms with Crippen LogP contribution in [-0.4, -0.2) is 9.97 Å². The van der Waals surface area contributed by atoms with Crippen molar-refractivity contribution in [2.24, 2.45) is 0 Å². The van der Waals surface area contributed by atoms with Crippen LogP contribution in [0, 0.1) is 0 Å². The van der Waals surface area contributed by atoms with Gasteiger partial charge in [-0.1, -0.05) is 18.2 Å². The lowest BCUT2D eigenvalue weighted by atomic mass is 10.1. The minimum atomic E-state index is 0.766. The number of pyridine rings is 1. The number of benzene rings is 1. The number of H-pyrrole nitrogens is 1. The molecule has 1 aromatic carbocycles. The van der Waals surface area contributed by atoms with Gasteiger partial charge < -0.3 is 10.7 Å². The van der Waals surface area contributed by atoms with Crippen molar-refractivity contribution in [1.82, 2.24) is 9.97 Å². The van der Waals surface area contributed by atoms with E-state index >= 15 is 0 Å². The number of anilines is 1. The molecule has 0 aliphatic rings. The van der Waals surface area contributed by atoms with Crippen molar-refractivity contribution in [2.75, 3.05) is 5.73 Å². The number of hydrogen-bond acceptors (Lipinski definition) is 2. The third-order valence-electron chi connectivity index (χ3n) is 2.64. The van der Waals surface area contributed by atoms with E-state index < -0.39 is 0 Å². The topological polar surface area (TPSA) is 54.7 Å². The number of hydrogen-bond donors (Lipinski definition) is 2. The summed E-state index contributed by atoms with van der Waals surface area (Å²) in [7, 11) is 0. The van der Waals surface area contributed by atoms with Crippen molar-refractivity contribution in [3.8, 4) is 11.3 Å². The molecule has 78 valence electrons. The first-order valence-electron chi connectivity index (χ1n) is 5.13. The molecule has 2 aromatic heterocycles. The van der Waals surface area contributed by atoms with E-state index in [1.165, 1.54) is 0 Å². The fourth-order valence-electron chi connectivity index (χ4n) is 1.83. The average molecular weight is 209 g/mol. The van der Waals surface area contributed by atoms with E-state index in [1.807, 2.05) is 48.8 Å². The van der Waals surface area contributed by atoms with Gasteiger partial charge in [0.1, 0.15) is 0 Å². The maximum absolute atomic E-state index is 6.01. The first kappa shape index (κ1) is 8.97. The monoisotopic (exact) mass is 209 g/mol. The zero-order valence-electron chi connectivity index (χ0n) is 8.64. The van der Waals surface area contributed by atoms with Crippen LogP contribution in [0.5, 0.6) is 0 Å². The fraction of sp³-hybridized carbons (Fsp3) is 0. The molecule has 3 rings (SSSR count). The van der Waals surface area contributed by atoms with Gasteiger partial charge in [-0.05, 0) is 18.2 Å². The van der Waals surface area contributed by atoms with Gasteiger partial charge in [0.05, 0.1) is 11.2 Å². The molecule has 0 saturated heterocycles. The Hall–Kier alpha value is -2.29. The molecule has 2 heterocycles. The normalized spacial score (nSPS) is 10.8. The summed E-state index contributed by atoms with van der Waals surface area (Å²) in [5.74, 6) is 0. The van der Waals surface area contributed by atoms with Crippen LogP contribution in [-0.2, 0) is 0 Å². The summed E-state index contributed by atoms with van der Waals surface area (Å²) in [5, 5.41) is 1.00. The molecule has 0 spiro atoms. The maximum atomic E-state index is 6.01. The molecule has 0 atom stereocenters. The number of aromatic nitrogens is 2. The highest BCUT2D eigenvalue weighted by Crippen LogP contribution is 2.25. The van der Waals surface area contributed by atoms with Gasteiger partial charge in [-0.3, -0.25) is 0 Å². The molecule has 0 aliphatic carbocycles. The molecule has 0 unspecified atom stereocenters. The minimum Gasteiger partial charge on any atom is -0.398 e. The number of nitrogen functional groups attached to an aromatic ring is 1. The Morgan fingerprint density at radius 3 is 2.81 bits per heavy atom. The second-order valence-corrected chi connectivity index (χ2v) is 3.71. The van der Waals surface area contributed by atoms with E-state index in [1.54, 1.807) is 0 Å². The smallest absolute Gasteiger partial charge is 0.0745 e. The minimum absolute atomic E-state index is 0.766. The lowest BCUT2D eigenvalue weighted by Crippen LogP contribution is -1.91. The molecule has 0 bridgehead atoms. The second-order valence-electron chi connectivity index (χ2n) is 3.71. The molecule has 3 heteroatoms. The van der Waals surface area contributed by atoms with Crippen molar-refractivity contribution < 1.29 is 0 Å². The number of aromatic amines is 1. The van der Waals surface area contributed by atoms with Gasteiger partial charge in [0, 0.05) is 29.0 Å². The summed E-state index contributed by atoms with van der Waals surface area (Å²) in [6.45, 7) is 0. The first-order chi connectivity index (χ1) is 7.84. The van der Waals surface area contributed by atoms with Crippen LogP contribution in [0.1, 0.15) is 0 Å². The van der Waals surface area contributed by atoms with Gasteiger partial charge in [-0.15, -0.1) is 0 Å². The summed E-state index contributed by atoms with van der Waals surface area (Å²) in [5.41, 5.74) is 9.66. The van der Waals surface area contributed by atoms with Crippen molar-refractivity contribution in [1.29, 1.82) is 0 Å². The second kappa shape index (κ2) is 3.38. The van der Waals surface area contributed by atoms with Crippen molar-refractivity contribution in [3.05, 3.63) is 48.8 Å². The van der Waals surface area contributed by atoms with Crippen LogP contribution in [0.15, 0.2) is 48.8 Å². The van der Waals surface area contributed by atoms with Gasteiger partial charge in [0.2, 0.25) is 0 Å². The fourth-order valence-corrected chi connectivity index (χ4v) is 1.83. The SMILES string of the molecule is Nc1cc(-c2cc[nH]c2)nc2ccccc12. The number of para-hydroxylation sites is 1. The van der Waals surface area contributed by atoms with Gasteiger partial charge in [0.25, 0.3) is 0 Å². The van der Waals surface area contributed by atoms with Gasteiger partial charge in [-0.25, -0.2) is 4.98 Å². The lowest BCUT2D eigenvalue weighted by molar-refractivity contribution is 1.38. The van der Waals surface area contributed by atoms with Crippen molar-refractivity contribution in [2.45, 2.75) is 0 Å². The Labute approximate surface area is 92.9 Å². The van der Waals surface area contributed by atoms with Gasteiger partial charge >= 0.3 is 0 Å². The van der Waals surface area contributed by atoms with E-state index in [0.29, 0.717) is 0 Å². The summed E-state index contributed by atoms with van der Waals surface area (Å²) >= 11 is 0. The predicted octanol–water partition coefficient (Wildman–Crippen LogP) is 2.81. The largest absolute Gasteiger partial charge is 0.398 e. The van der Waals surface area contributed by atoms with Crippen LogP contribution in [0.25, 0.3) is 22.2 Å². The molecule has 0 radical (unpaired) electrons. The molecule has 0 fully saturated rings. The molecular formula is C13H11N3. The third kappa shape index (κ3) is 1.34. The predicted molar refractivity (Wildman–Crippen MR) is 65.9 cm³/mol. The summed E-state index contributed by atoms with van der Waals surface area (Å²) in [6.07, 6.45) is 3.79. The highest BCUT2D eigenvalue weighted by molar-refractivity contribution is 5.92. The molecule has 0 amide bonds. The standard InChI is InChI=1S/C13H11N3/c14-11-7-13(9-5-6-15-8-9)16-12-4-2-1-3-10(11)12/h1-8,15H,(H2,14,16). The Kier molecular flexibility index (Phi) is 1.90. The lowest BCUT2D eigenvalue weighted by Gasteiger charge is -2.04. The zero-order chi connectivity index (χ0) is 11.0. The maximum Gasteiger partial charge on any atom is 0.0745 e. The average Bonchev–Trinajstić information content (AvgIpc) is 2.82.